The van der Waals surface area contributed by atoms with Gasteiger partial charge < -0.3 is 10.3 Å². The lowest BCUT2D eigenvalue weighted by Gasteiger charge is -2.23. The summed E-state index contributed by atoms with van der Waals surface area (Å²) in [6.45, 7) is 1.90. The average Bonchev–Trinajstić information content (AvgIpc) is 2.99. The van der Waals surface area contributed by atoms with E-state index in [2.05, 4.69) is 15.4 Å². The number of aromatic amines is 1. The van der Waals surface area contributed by atoms with Gasteiger partial charge in [0.1, 0.15) is 11.5 Å². The maximum atomic E-state index is 13.1. The molecule has 1 saturated heterocycles. The average molecular weight is 312 g/mol. The van der Waals surface area contributed by atoms with E-state index in [0.717, 1.165) is 42.8 Å². The van der Waals surface area contributed by atoms with Crippen LogP contribution in [-0.2, 0) is 0 Å². The summed E-state index contributed by atoms with van der Waals surface area (Å²) in [5.41, 5.74) is 3.11. The van der Waals surface area contributed by atoms with Crippen LogP contribution in [0.3, 0.4) is 0 Å². The van der Waals surface area contributed by atoms with Gasteiger partial charge in [-0.3, -0.25) is 4.79 Å². The second-order valence-electron chi connectivity index (χ2n) is 5.91. The Bertz CT molecular complexity index is 891. The van der Waals surface area contributed by atoms with Gasteiger partial charge in [0, 0.05) is 17.5 Å². The fraction of sp³-hybridized carbons (Fsp3) is 0.294. The molecule has 0 aliphatic carbocycles. The minimum Gasteiger partial charge on any atom is -0.317 e. The smallest absolute Gasteiger partial charge is 0.251 e. The molecule has 3 aromatic rings. The third kappa shape index (κ3) is 2.55. The number of rotatable bonds is 2. The monoisotopic (exact) mass is 312 g/mol. The normalized spacial score (nSPS) is 16.0. The number of hydrogen-bond donors (Lipinski definition) is 2. The number of aromatic nitrogens is 3. The molecule has 2 N–H and O–H groups in total. The number of halogens is 1. The lowest BCUT2D eigenvalue weighted by molar-refractivity contribution is 0.446. The molecular formula is C17H17FN4O. The van der Waals surface area contributed by atoms with Gasteiger partial charge in [-0.05, 0) is 43.6 Å². The van der Waals surface area contributed by atoms with Gasteiger partial charge in [0.05, 0.1) is 11.9 Å². The number of fused-ring (bicyclic) bond motifs is 1. The number of nitrogens with one attached hydrogen (secondary N) is 2. The summed E-state index contributed by atoms with van der Waals surface area (Å²) >= 11 is 0. The molecule has 1 aliphatic rings. The molecule has 3 heterocycles. The molecule has 0 bridgehead atoms. The minimum atomic E-state index is -0.283. The highest BCUT2D eigenvalue weighted by atomic mass is 19.1. The summed E-state index contributed by atoms with van der Waals surface area (Å²) in [5.74, 6) is 0.0381. The summed E-state index contributed by atoms with van der Waals surface area (Å²) in [5, 5.41) is 7.80. The molecule has 0 saturated carbocycles. The molecule has 0 amide bonds. The molecule has 23 heavy (non-hydrogen) atoms. The van der Waals surface area contributed by atoms with Crippen LogP contribution in [0, 0.1) is 5.82 Å². The van der Waals surface area contributed by atoms with Crippen molar-refractivity contribution in [1.82, 2.24) is 19.9 Å². The molecular weight excluding hydrogens is 295 g/mol. The molecule has 5 nitrogen and oxygen atoms in total. The van der Waals surface area contributed by atoms with Gasteiger partial charge in [0.15, 0.2) is 0 Å². The van der Waals surface area contributed by atoms with Crippen LogP contribution in [0.1, 0.15) is 24.5 Å². The molecule has 1 fully saturated rings. The molecule has 2 aromatic heterocycles. The molecule has 0 atom stereocenters. The molecule has 0 spiro atoms. The van der Waals surface area contributed by atoms with Crippen molar-refractivity contribution in [2.75, 3.05) is 13.1 Å². The van der Waals surface area contributed by atoms with Gasteiger partial charge in [-0.25, -0.2) is 8.91 Å². The van der Waals surface area contributed by atoms with Crippen LogP contribution in [0.2, 0.25) is 0 Å². The van der Waals surface area contributed by atoms with Gasteiger partial charge >= 0.3 is 0 Å². The predicted molar refractivity (Wildman–Crippen MR) is 86.1 cm³/mol. The first-order chi connectivity index (χ1) is 11.2. The van der Waals surface area contributed by atoms with E-state index in [-0.39, 0.29) is 11.4 Å². The summed E-state index contributed by atoms with van der Waals surface area (Å²) < 4.78 is 14.9. The Kier molecular flexibility index (Phi) is 3.46. The summed E-state index contributed by atoms with van der Waals surface area (Å²) in [4.78, 5) is 15.0. The second kappa shape index (κ2) is 5.62. The molecule has 0 unspecified atom stereocenters. The number of benzene rings is 1. The largest absolute Gasteiger partial charge is 0.317 e. The highest BCUT2D eigenvalue weighted by Gasteiger charge is 2.20. The molecule has 4 rings (SSSR count). The van der Waals surface area contributed by atoms with E-state index >= 15 is 0 Å². The first-order valence-electron chi connectivity index (χ1n) is 7.80. The highest BCUT2D eigenvalue weighted by Crippen LogP contribution is 2.28. The summed E-state index contributed by atoms with van der Waals surface area (Å²) in [7, 11) is 0. The van der Waals surface area contributed by atoms with Crippen LogP contribution >= 0.6 is 0 Å². The second-order valence-corrected chi connectivity index (χ2v) is 5.91. The summed E-state index contributed by atoms with van der Waals surface area (Å²) in [6, 6.07) is 7.86. The third-order valence-corrected chi connectivity index (χ3v) is 4.45. The van der Waals surface area contributed by atoms with Gasteiger partial charge in [0.2, 0.25) is 0 Å². The van der Waals surface area contributed by atoms with Crippen molar-refractivity contribution < 1.29 is 4.39 Å². The first kappa shape index (κ1) is 14.1. The van der Waals surface area contributed by atoms with Crippen LogP contribution in [0.4, 0.5) is 4.39 Å². The van der Waals surface area contributed by atoms with Crippen molar-refractivity contribution in [3.8, 4) is 11.1 Å². The zero-order valence-corrected chi connectivity index (χ0v) is 12.6. The number of piperidine rings is 1. The maximum Gasteiger partial charge on any atom is 0.251 e. The Balaban J connectivity index is 1.87. The zero-order chi connectivity index (χ0) is 15.8. The van der Waals surface area contributed by atoms with Crippen molar-refractivity contribution in [2.24, 2.45) is 0 Å². The van der Waals surface area contributed by atoms with Crippen LogP contribution in [0.15, 0.2) is 41.3 Å². The van der Waals surface area contributed by atoms with Crippen LogP contribution in [-0.4, -0.2) is 27.7 Å². The van der Waals surface area contributed by atoms with E-state index in [1.807, 2.05) is 4.52 Å². The number of hydrogen-bond acceptors (Lipinski definition) is 3. The van der Waals surface area contributed by atoms with E-state index < -0.39 is 0 Å². The van der Waals surface area contributed by atoms with Crippen molar-refractivity contribution >= 4 is 5.65 Å². The maximum absolute atomic E-state index is 13.1. The SMILES string of the molecule is O=c1cc(C2CCNCC2)n2ncc(-c3ccc(F)cc3)c2[nH]1. The Morgan fingerprint density at radius 1 is 1.17 bits per heavy atom. The molecule has 118 valence electrons. The lowest BCUT2D eigenvalue weighted by Crippen LogP contribution is -2.28. The van der Waals surface area contributed by atoms with Gasteiger partial charge in [-0.1, -0.05) is 12.1 Å². The van der Waals surface area contributed by atoms with E-state index in [0.29, 0.717) is 11.6 Å². The van der Waals surface area contributed by atoms with Crippen LogP contribution < -0.4 is 10.9 Å². The predicted octanol–water partition coefficient (Wildman–Crippen LogP) is 2.30. The molecule has 0 radical (unpaired) electrons. The van der Waals surface area contributed by atoms with Crippen molar-refractivity contribution in [3.63, 3.8) is 0 Å². The minimum absolute atomic E-state index is 0.130. The topological polar surface area (TPSA) is 62.2 Å². The fourth-order valence-corrected chi connectivity index (χ4v) is 3.26. The molecule has 1 aromatic carbocycles. The van der Waals surface area contributed by atoms with Gasteiger partial charge in [-0.2, -0.15) is 5.10 Å². The highest BCUT2D eigenvalue weighted by molar-refractivity contribution is 5.76. The first-order valence-corrected chi connectivity index (χ1v) is 7.80. The van der Waals surface area contributed by atoms with E-state index in [1.165, 1.54) is 12.1 Å². The Hall–Kier alpha value is -2.47. The lowest BCUT2D eigenvalue weighted by atomic mass is 9.94. The Labute approximate surface area is 132 Å². The van der Waals surface area contributed by atoms with E-state index in [1.54, 1.807) is 24.4 Å². The standard InChI is InChI=1S/C17H17FN4O/c18-13-3-1-11(2-4-13)14-10-20-22-15(9-16(23)21-17(14)22)12-5-7-19-8-6-12/h1-4,9-10,12,19H,5-8H2,(H,21,23). The van der Waals surface area contributed by atoms with E-state index in [9.17, 15) is 9.18 Å². The molecule has 1 aliphatic heterocycles. The van der Waals surface area contributed by atoms with E-state index in [4.69, 9.17) is 0 Å². The van der Waals surface area contributed by atoms with Crippen molar-refractivity contribution in [1.29, 1.82) is 0 Å². The Morgan fingerprint density at radius 2 is 1.91 bits per heavy atom. The third-order valence-electron chi connectivity index (χ3n) is 4.45. The number of nitrogens with zero attached hydrogens (tertiary/aromatic N) is 2. The fourth-order valence-electron chi connectivity index (χ4n) is 3.26. The van der Waals surface area contributed by atoms with Gasteiger partial charge in [0.25, 0.3) is 5.56 Å². The molecule has 6 heteroatoms. The zero-order valence-electron chi connectivity index (χ0n) is 12.6. The number of H-pyrrole nitrogens is 1. The van der Waals surface area contributed by atoms with Crippen LogP contribution in [0.5, 0.6) is 0 Å². The van der Waals surface area contributed by atoms with Crippen LogP contribution in [0.25, 0.3) is 16.8 Å². The summed E-state index contributed by atoms with van der Waals surface area (Å²) in [6.07, 6.45) is 3.71. The van der Waals surface area contributed by atoms with Crippen molar-refractivity contribution in [2.45, 2.75) is 18.8 Å². The Morgan fingerprint density at radius 3 is 2.65 bits per heavy atom. The van der Waals surface area contributed by atoms with Crippen molar-refractivity contribution in [3.05, 3.63) is 58.4 Å². The quantitative estimate of drug-likeness (QED) is 0.763. The van der Waals surface area contributed by atoms with Gasteiger partial charge in [-0.15, -0.1) is 0 Å².